The number of hydrogen-bond acceptors (Lipinski definition) is 4. The van der Waals surface area contributed by atoms with Crippen LogP contribution >= 0.6 is 11.6 Å². The third-order valence-corrected chi connectivity index (χ3v) is 4.24. The zero-order valence-electron chi connectivity index (χ0n) is 11.2. The van der Waals surface area contributed by atoms with Crippen molar-refractivity contribution in [3.63, 3.8) is 0 Å². The molecule has 108 valence electrons. The summed E-state index contributed by atoms with van der Waals surface area (Å²) in [5.74, 6) is -0.168. The van der Waals surface area contributed by atoms with E-state index in [1.165, 1.54) is 6.07 Å². The lowest BCUT2D eigenvalue weighted by atomic mass is 10.0. The molecule has 0 atom stereocenters. The molecule has 2 saturated heterocycles. The van der Waals surface area contributed by atoms with Gasteiger partial charge in [0.05, 0.1) is 5.56 Å². The average Bonchev–Trinajstić information content (AvgIpc) is 2.38. The van der Waals surface area contributed by atoms with Crippen molar-refractivity contribution in [3.8, 4) is 5.75 Å². The van der Waals surface area contributed by atoms with Gasteiger partial charge in [0.2, 0.25) is 0 Å². The third-order valence-electron chi connectivity index (χ3n) is 4.01. The number of rotatable bonds is 2. The van der Waals surface area contributed by atoms with E-state index in [0.29, 0.717) is 16.6 Å². The van der Waals surface area contributed by atoms with Gasteiger partial charge in [0, 0.05) is 50.3 Å². The Kier molecular flexibility index (Phi) is 3.83. The van der Waals surface area contributed by atoms with Gasteiger partial charge in [-0.1, -0.05) is 11.6 Å². The summed E-state index contributed by atoms with van der Waals surface area (Å²) in [6, 6.07) is 5.07. The summed E-state index contributed by atoms with van der Waals surface area (Å²) >= 11 is 5.78. The van der Waals surface area contributed by atoms with E-state index in [2.05, 4.69) is 10.2 Å². The van der Waals surface area contributed by atoms with E-state index in [9.17, 15) is 9.90 Å². The van der Waals surface area contributed by atoms with Crippen LogP contribution in [0.3, 0.4) is 0 Å². The zero-order chi connectivity index (χ0) is 14.1. The second-order valence-corrected chi connectivity index (χ2v) is 5.75. The number of benzene rings is 1. The van der Waals surface area contributed by atoms with Gasteiger partial charge in [-0.2, -0.15) is 0 Å². The molecule has 5 nitrogen and oxygen atoms in total. The number of hydrogen-bond donors (Lipinski definition) is 2. The van der Waals surface area contributed by atoms with Crippen LogP contribution in [0.25, 0.3) is 0 Å². The van der Waals surface area contributed by atoms with Crippen molar-refractivity contribution in [1.82, 2.24) is 15.1 Å². The van der Waals surface area contributed by atoms with Gasteiger partial charge in [-0.3, -0.25) is 9.69 Å². The van der Waals surface area contributed by atoms with Crippen molar-refractivity contribution < 1.29 is 9.90 Å². The van der Waals surface area contributed by atoms with E-state index in [0.717, 1.165) is 39.3 Å². The van der Waals surface area contributed by atoms with Gasteiger partial charge < -0.3 is 15.3 Å². The minimum Gasteiger partial charge on any atom is -0.507 e. The van der Waals surface area contributed by atoms with Crippen LogP contribution in [0.5, 0.6) is 5.75 Å². The number of likely N-dealkylation sites (tertiary alicyclic amines) is 1. The molecule has 2 aliphatic heterocycles. The molecule has 0 aromatic heterocycles. The molecule has 0 saturated carbocycles. The maximum atomic E-state index is 12.3. The molecule has 2 fully saturated rings. The van der Waals surface area contributed by atoms with Gasteiger partial charge in [-0.05, 0) is 18.2 Å². The number of nitrogens with one attached hydrogen (secondary N) is 1. The van der Waals surface area contributed by atoms with E-state index in [1.54, 1.807) is 17.0 Å². The normalized spacial score (nSPS) is 20.8. The predicted octanol–water partition coefficient (Wildman–Crippen LogP) is 0.775. The van der Waals surface area contributed by atoms with Crippen LogP contribution in [0.4, 0.5) is 0 Å². The van der Waals surface area contributed by atoms with Gasteiger partial charge in [-0.25, -0.2) is 0 Å². The Labute approximate surface area is 123 Å². The van der Waals surface area contributed by atoms with Crippen molar-refractivity contribution in [3.05, 3.63) is 28.8 Å². The first kappa shape index (κ1) is 13.7. The van der Waals surface area contributed by atoms with Crippen molar-refractivity contribution in [2.75, 3.05) is 39.3 Å². The van der Waals surface area contributed by atoms with Gasteiger partial charge >= 0.3 is 0 Å². The lowest BCUT2D eigenvalue weighted by Crippen LogP contribution is -2.63. The van der Waals surface area contributed by atoms with E-state index in [-0.39, 0.29) is 11.7 Å². The molecule has 0 spiro atoms. The monoisotopic (exact) mass is 295 g/mol. The van der Waals surface area contributed by atoms with Crippen LogP contribution in [0.15, 0.2) is 18.2 Å². The Morgan fingerprint density at radius 3 is 2.65 bits per heavy atom. The molecule has 1 amide bonds. The number of halogens is 1. The molecule has 0 unspecified atom stereocenters. The first-order valence-electron chi connectivity index (χ1n) is 6.88. The standard InChI is InChI=1S/C14H18ClN3O2/c15-10-1-2-12(13(19)7-10)14(20)18-8-11(9-18)17-5-3-16-4-6-17/h1-2,7,11,16,19H,3-6,8-9H2. The number of phenols is 1. The van der Waals surface area contributed by atoms with Crippen LogP contribution in [0, 0.1) is 0 Å². The minimum absolute atomic E-state index is 0.0480. The molecule has 1 aromatic carbocycles. The highest BCUT2D eigenvalue weighted by Gasteiger charge is 2.36. The summed E-state index contributed by atoms with van der Waals surface area (Å²) in [5.41, 5.74) is 0.327. The Morgan fingerprint density at radius 1 is 1.30 bits per heavy atom. The highest BCUT2D eigenvalue weighted by Crippen LogP contribution is 2.26. The number of carbonyl (C=O) groups is 1. The van der Waals surface area contributed by atoms with Crippen molar-refractivity contribution in [2.24, 2.45) is 0 Å². The number of piperazine rings is 1. The van der Waals surface area contributed by atoms with Crippen LogP contribution in [-0.4, -0.2) is 66.1 Å². The fourth-order valence-electron chi connectivity index (χ4n) is 2.76. The smallest absolute Gasteiger partial charge is 0.257 e. The summed E-state index contributed by atoms with van der Waals surface area (Å²) in [6.45, 7) is 5.59. The summed E-state index contributed by atoms with van der Waals surface area (Å²) in [4.78, 5) is 16.5. The number of amides is 1. The molecule has 0 radical (unpaired) electrons. The van der Waals surface area contributed by atoms with Crippen LogP contribution in [0.2, 0.25) is 5.02 Å². The number of aromatic hydroxyl groups is 1. The van der Waals surface area contributed by atoms with Gasteiger partial charge in [0.15, 0.2) is 0 Å². The summed E-state index contributed by atoms with van der Waals surface area (Å²) in [6.07, 6.45) is 0. The fourth-order valence-corrected chi connectivity index (χ4v) is 2.92. The molecule has 0 aliphatic carbocycles. The second-order valence-electron chi connectivity index (χ2n) is 5.31. The summed E-state index contributed by atoms with van der Waals surface area (Å²) in [5, 5.41) is 13.5. The number of phenolic OH excluding ortho intramolecular Hbond substituents is 1. The van der Waals surface area contributed by atoms with E-state index in [1.807, 2.05) is 0 Å². The largest absolute Gasteiger partial charge is 0.507 e. The Balaban J connectivity index is 1.60. The van der Waals surface area contributed by atoms with Gasteiger partial charge in [0.25, 0.3) is 5.91 Å². The van der Waals surface area contributed by atoms with E-state index >= 15 is 0 Å². The molecule has 20 heavy (non-hydrogen) atoms. The predicted molar refractivity (Wildman–Crippen MR) is 77.3 cm³/mol. The van der Waals surface area contributed by atoms with Crippen LogP contribution < -0.4 is 5.32 Å². The van der Waals surface area contributed by atoms with Gasteiger partial charge in [-0.15, -0.1) is 0 Å². The summed E-state index contributed by atoms with van der Waals surface area (Å²) < 4.78 is 0. The lowest BCUT2D eigenvalue weighted by molar-refractivity contribution is 0.0225. The number of carbonyl (C=O) groups excluding carboxylic acids is 1. The Bertz CT molecular complexity index is 511. The summed E-state index contributed by atoms with van der Waals surface area (Å²) in [7, 11) is 0. The zero-order valence-corrected chi connectivity index (χ0v) is 11.9. The molecule has 6 heteroatoms. The average molecular weight is 296 g/mol. The molecule has 3 rings (SSSR count). The minimum atomic E-state index is -0.120. The number of nitrogens with zero attached hydrogens (tertiary/aromatic N) is 2. The molecular formula is C14H18ClN3O2. The lowest BCUT2D eigenvalue weighted by Gasteiger charge is -2.46. The second kappa shape index (κ2) is 5.60. The Hall–Kier alpha value is -1.30. The van der Waals surface area contributed by atoms with Gasteiger partial charge in [0.1, 0.15) is 5.75 Å². The Morgan fingerprint density at radius 2 is 2.00 bits per heavy atom. The molecule has 2 aliphatic rings. The van der Waals surface area contributed by atoms with Crippen LogP contribution in [0.1, 0.15) is 10.4 Å². The van der Waals surface area contributed by atoms with Crippen LogP contribution in [-0.2, 0) is 0 Å². The molecule has 2 N–H and O–H groups in total. The quantitative estimate of drug-likeness (QED) is 0.846. The SMILES string of the molecule is O=C(c1ccc(Cl)cc1O)N1CC(N2CCNCC2)C1. The van der Waals surface area contributed by atoms with Crippen molar-refractivity contribution >= 4 is 17.5 Å². The van der Waals surface area contributed by atoms with Crippen molar-refractivity contribution in [2.45, 2.75) is 6.04 Å². The highest BCUT2D eigenvalue weighted by molar-refractivity contribution is 6.30. The first-order chi connectivity index (χ1) is 9.65. The maximum Gasteiger partial charge on any atom is 0.257 e. The maximum absolute atomic E-state index is 12.3. The molecule has 2 heterocycles. The third kappa shape index (κ3) is 2.61. The molecular weight excluding hydrogens is 278 g/mol. The van der Waals surface area contributed by atoms with E-state index < -0.39 is 0 Å². The topological polar surface area (TPSA) is 55.8 Å². The fraction of sp³-hybridized carbons (Fsp3) is 0.500. The molecule has 0 bridgehead atoms. The first-order valence-corrected chi connectivity index (χ1v) is 7.25. The molecule has 1 aromatic rings. The highest BCUT2D eigenvalue weighted by atomic mass is 35.5. The van der Waals surface area contributed by atoms with E-state index in [4.69, 9.17) is 11.6 Å². The van der Waals surface area contributed by atoms with Crippen molar-refractivity contribution in [1.29, 1.82) is 0 Å².